The predicted octanol–water partition coefficient (Wildman–Crippen LogP) is 2.93. The minimum Gasteiger partial charge on any atom is -0.489 e. The van der Waals surface area contributed by atoms with Crippen LogP contribution in [0.1, 0.15) is 11.3 Å². The van der Waals surface area contributed by atoms with E-state index in [0.717, 1.165) is 28.4 Å². The number of carboxylic acids is 1. The number of aryl methyl sites for hydroxylation is 1. The number of alkyl halides is 3. The number of hydrogen-bond acceptors (Lipinski definition) is 7. The van der Waals surface area contributed by atoms with E-state index in [4.69, 9.17) is 14.6 Å². The number of H-pyrrole nitrogens is 2. The number of aromatic nitrogens is 3. The molecule has 0 spiro atoms. The van der Waals surface area contributed by atoms with E-state index < -0.39 is 33.4 Å². The van der Waals surface area contributed by atoms with Gasteiger partial charge in [-0.05, 0) is 43.3 Å². The molecule has 0 saturated heterocycles. The molecule has 4 aromatic rings. The molecule has 0 unspecified atom stereocenters. The molecule has 0 saturated carbocycles. The van der Waals surface area contributed by atoms with Gasteiger partial charge in [0.05, 0.1) is 10.4 Å². The third-order valence-electron chi connectivity index (χ3n) is 4.76. The van der Waals surface area contributed by atoms with Crippen LogP contribution >= 0.6 is 0 Å². The molecule has 15 heteroatoms. The maximum Gasteiger partial charge on any atom is 0.490 e. The average molecular weight is 552 g/mol. The molecule has 2 aromatic heterocycles. The second-order valence-corrected chi connectivity index (χ2v) is 9.28. The summed E-state index contributed by atoms with van der Waals surface area (Å²) >= 11 is 0. The van der Waals surface area contributed by atoms with Crippen LogP contribution in [0.25, 0.3) is 10.9 Å². The molecule has 11 nitrogen and oxygen atoms in total. The predicted molar refractivity (Wildman–Crippen MR) is 129 cm³/mol. The Morgan fingerprint density at radius 1 is 1.11 bits per heavy atom. The van der Waals surface area contributed by atoms with Crippen LogP contribution in [0.4, 0.5) is 18.9 Å². The number of aliphatic carboxylic acids is 1. The maximum atomic E-state index is 12.5. The lowest BCUT2D eigenvalue weighted by Gasteiger charge is -2.11. The molecular formula is C23H19F3N4O7S. The first kappa shape index (κ1) is 27.9. The van der Waals surface area contributed by atoms with Crippen LogP contribution in [-0.2, 0) is 21.4 Å². The van der Waals surface area contributed by atoms with Gasteiger partial charge in [-0.3, -0.25) is 19.5 Å². The Morgan fingerprint density at radius 2 is 1.74 bits per heavy atom. The van der Waals surface area contributed by atoms with E-state index in [1.165, 1.54) is 24.3 Å². The summed E-state index contributed by atoms with van der Waals surface area (Å²) in [6.07, 6.45) is -4.09. The Kier molecular flexibility index (Phi) is 8.20. The topological polar surface area (TPSA) is 171 Å². The van der Waals surface area contributed by atoms with Gasteiger partial charge in [0.15, 0.2) is 0 Å². The van der Waals surface area contributed by atoms with Crippen LogP contribution in [0.2, 0.25) is 0 Å². The highest BCUT2D eigenvalue weighted by Crippen LogP contribution is 2.22. The number of rotatable bonds is 6. The average Bonchev–Trinajstić information content (AvgIpc) is 2.84. The number of sulfonamides is 1. The smallest absolute Gasteiger partial charge is 0.489 e. The highest BCUT2D eigenvalue weighted by atomic mass is 32.2. The third kappa shape index (κ3) is 7.19. The van der Waals surface area contributed by atoms with Crippen LogP contribution in [0, 0.1) is 6.92 Å². The van der Waals surface area contributed by atoms with Crippen molar-refractivity contribution in [3.8, 4) is 5.75 Å². The molecule has 4 N–H and O–H groups in total. The van der Waals surface area contributed by atoms with E-state index in [9.17, 15) is 31.2 Å². The van der Waals surface area contributed by atoms with Crippen LogP contribution in [-0.4, -0.2) is 40.6 Å². The Balaban J connectivity index is 0.000000505. The van der Waals surface area contributed by atoms with Gasteiger partial charge in [-0.2, -0.15) is 13.2 Å². The number of nitrogens with one attached hydrogen (secondary N) is 3. The van der Waals surface area contributed by atoms with Gasteiger partial charge in [-0.25, -0.2) is 18.0 Å². The minimum atomic E-state index is -5.08. The number of anilines is 1. The molecule has 0 amide bonds. The summed E-state index contributed by atoms with van der Waals surface area (Å²) in [5, 5.41) is 8.11. The van der Waals surface area contributed by atoms with Crippen molar-refractivity contribution in [2.45, 2.75) is 24.6 Å². The van der Waals surface area contributed by atoms with Gasteiger partial charge in [0, 0.05) is 22.8 Å². The number of carboxylic acid groups (broad SMARTS) is 1. The zero-order valence-corrected chi connectivity index (χ0v) is 20.2. The largest absolute Gasteiger partial charge is 0.490 e. The van der Waals surface area contributed by atoms with Crippen LogP contribution in [0.15, 0.2) is 75.3 Å². The molecule has 0 aliphatic rings. The van der Waals surface area contributed by atoms with E-state index in [1.54, 1.807) is 0 Å². The van der Waals surface area contributed by atoms with E-state index in [2.05, 4.69) is 14.7 Å². The highest BCUT2D eigenvalue weighted by molar-refractivity contribution is 7.92. The summed E-state index contributed by atoms with van der Waals surface area (Å²) in [6, 6.07) is 15.5. The molecule has 4 rings (SSSR count). The van der Waals surface area contributed by atoms with E-state index in [0.29, 0.717) is 12.4 Å². The number of fused-ring (bicyclic) bond motifs is 1. The number of nitrogens with zero attached hydrogens (tertiary/aromatic N) is 1. The van der Waals surface area contributed by atoms with Gasteiger partial charge >= 0.3 is 17.8 Å². The summed E-state index contributed by atoms with van der Waals surface area (Å²) in [5.41, 5.74) is 0.866. The van der Waals surface area contributed by atoms with Crippen molar-refractivity contribution < 1.29 is 36.2 Å². The Bertz CT molecular complexity index is 1680. The first-order chi connectivity index (χ1) is 17.8. The molecule has 0 atom stereocenters. The van der Waals surface area contributed by atoms with E-state index in [1.807, 2.05) is 42.2 Å². The Hall–Kier alpha value is -4.66. The molecule has 200 valence electrons. The Morgan fingerprint density at radius 3 is 2.34 bits per heavy atom. The minimum absolute atomic E-state index is 0.0596. The van der Waals surface area contributed by atoms with Gasteiger partial charge < -0.3 is 14.8 Å². The zero-order valence-electron chi connectivity index (χ0n) is 19.4. The number of ether oxygens (including phenoxy) is 1. The lowest BCUT2D eigenvalue weighted by atomic mass is 10.1. The second kappa shape index (κ2) is 11.2. The number of benzene rings is 2. The third-order valence-corrected chi connectivity index (χ3v) is 6.15. The van der Waals surface area contributed by atoms with Crippen molar-refractivity contribution in [1.29, 1.82) is 0 Å². The molecule has 2 aromatic carbocycles. The van der Waals surface area contributed by atoms with Crippen molar-refractivity contribution >= 4 is 32.6 Å². The highest BCUT2D eigenvalue weighted by Gasteiger charge is 2.38. The summed E-state index contributed by atoms with van der Waals surface area (Å²) in [5.74, 6) is -2.27. The monoisotopic (exact) mass is 552 g/mol. The van der Waals surface area contributed by atoms with Crippen molar-refractivity contribution in [3.05, 3.63) is 92.9 Å². The number of halogens is 3. The van der Waals surface area contributed by atoms with Crippen LogP contribution < -0.4 is 20.7 Å². The van der Waals surface area contributed by atoms with Gasteiger partial charge in [-0.15, -0.1) is 0 Å². The molecule has 0 aliphatic carbocycles. The first-order valence-electron chi connectivity index (χ1n) is 10.5. The molecule has 0 fully saturated rings. The van der Waals surface area contributed by atoms with Gasteiger partial charge in [0.1, 0.15) is 18.0 Å². The Labute approximate surface area is 212 Å². The van der Waals surface area contributed by atoms with Gasteiger partial charge in [0.25, 0.3) is 15.6 Å². The summed E-state index contributed by atoms with van der Waals surface area (Å²) in [6.45, 7) is 2.21. The SMILES string of the molecule is Cc1cc(COc2ccc(S(=O)(=O)Nc3c[nH]c(=O)[nH]c3=O)cc2)c2ccccc2n1.O=C(O)C(F)(F)F. The second-order valence-electron chi connectivity index (χ2n) is 7.59. The lowest BCUT2D eigenvalue weighted by Crippen LogP contribution is -2.26. The molecule has 0 aliphatic heterocycles. The fraction of sp³-hybridized carbons (Fsp3) is 0.130. The molecule has 38 heavy (non-hydrogen) atoms. The number of aromatic amines is 2. The van der Waals surface area contributed by atoms with Crippen LogP contribution in [0.3, 0.4) is 0 Å². The number of pyridine rings is 1. The van der Waals surface area contributed by atoms with Crippen molar-refractivity contribution in [1.82, 2.24) is 15.0 Å². The molecular weight excluding hydrogens is 533 g/mol. The first-order valence-corrected chi connectivity index (χ1v) is 12.0. The zero-order chi connectivity index (χ0) is 28.1. The van der Waals surface area contributed by atoms with Crippen molar-refractivity contribution in [3.63, 3.8) is 0 Å². The summed E-state index contributed by atoms with van der Waals surface area (Å²) in [4.78, 5) is 40.3. The standard InChI is InChI=1S/C21H18N4O5S.C2HF3O2/c1-13-10-14(17-4-2-3-5-18(17)23-13)12-30-15-6-8-16(9-7-15)31(28,29)25-19-11-22-21(27)24-20(19)26;3-2(4,5)1(6)7/h2-11,25H,12H2,1H3,(H2,22,24,26,27);(H,6,7). The number of para-hydroxylation sites is 1. The molecule has 0 bridgehead atoms. The van der Waals surface area contributed by atoms with Crippen molar-refractivity contribution in [2.24, 2.45) is 0 Å². The van der Waals surface area contributed by atoms with E-state index >= 15 is 0 Å². The van der Waals surface area contributed by atoms with Gasteiger partial charge in [0.2, 0.25) is 0 Å². The number of carbonyl (C=O) groups is 1. The fourth-order valence-corrected chi connectivity index (χ4v) is 4.13. The fourth-order valence-electron chi connectivity index (χ4n) is 3.08. The van der Waals surface area contributed by atoms with Crippen LogP contribution in [0.5, 0.6) is 5.75 Å². The summed E-state index contributed by atoms with van der Waals surface area (Å²) < 4.78 is 64.7. The lowest BCUT2D eigenvalue weighted by molar-refractivity contribution is -0.192. The van der Waals surface area contributed by atoms with Crippen molar-refractivity contribution in [2.75, 3.05) is 4.72 Å². The quantitative estimate of drug-likeness (QED) is 0.283. The molecule has 0 radical (unpaired) electrons. The normalized spacial score (nSPS) is 11.4. The molecule has 2 heterocycles. The van der Waals surface area contributed by atoms with Gasteiger partial charge in [-0.1, -0.05) is 18.2 Å². The summed E-state index contributed by atoms with van der Waals surface area (Å²) in [7, 11) is -4.02. The van der Waals surface area contributed by atoms with E-state index in [-0.39, 0.29) is 10.6 Å². The maximum absolute atomic E-state index is 12.5. The number of hydrogen-bond donors (Lipinski definition) is 4.